The summed E-state index contributed by atoms with van der Waals surface area (Å²) in [6, 6.07) is 9.71. The van der Waals surface area contributed by atoms with Crippen molar-refractivity contribution in [2.45, 2.75) is 24.5 Å². The van der Waals surface area contributed by atoms with E-state index in [0.29, 0.717) is 34.7 Å². The second-order valence-electron chi connectivity index (χ2n) is 6.60. The lowest BCUT2D eigenvalue weighted by Gasteiger charge is -2.16. The number of rotatable bonds is 8. The van der Waals surface area contributed by atoms with Gasteiger partial charge in [-0.1, -0.05) is 18.2 Å². The van der Waals surface area contributed by atoms with Crippen molar-refractivity contribution in [2.24, 2.45) is 0 Å². The fourth-order valence-electron chi connectivity index (χ4n) is 2.56. The van der Waals surface area contributed by atoms with Gasteiger partial charge in [-0.3, -0.25) is 4.79 Å². The minimum atomic E-state index is -3.64. The van der Waals surface area contributed by atoms with Crippen LogP contribution in [0.3, 0.4) is 0 Å². The Morgan fingerprint density at radius 1 is 1.18 bits per heavy atom. The van der Waals surface area contributed by atoms with E-state index in [1.807, 2.05) is 0 Å². The smallest absolute Gasteiger partial charge is 0.251 e. The van der Waals surface area contributed by atoms with E-state index in [1.165, 1.54) is 38.0 Å². The van der Waals surface area contributed by atoms with Crippen LogP contribution >= 0.6 is 11.8 Å². The summed E-state index contributed by atoms with van der Waals surface area (Å²) in [5, 5.41) is 2.79. The SMILES string of the molecule is Cc1cc(C(=O)NCCSCc2ccccc2F)cc(S(=O)(=O)N(C)C)c1C. The lowest BCUT2D eigenvalue weighted by Crippen LogP contribution is -2.27. The Bertz CT molecular complexity index is 960. The van der Waals surface area contributed by atoms with Crippen molar-refractivity contribution in [1.82, 2.24) is 9.62 Å². The Hall–Kier alpha value is -1.90. The molecule has 0 heterocycles. The highest BCUT2D eigenvalue weighted by molar-refractivity contribution is 7.98. The van der Waals surface area contributed by atoms with Gasteiger partial charge in [0.2, 0.25) is 10.0 Å². The van der Waals surface area contributed by atoms with Crippen LogP contribution in [-0.2, 0) is 15.8 Å². The second kappa shape index (κ2) is 9.54. The standard InChI is InChI=1S/C20H25FN2O3S2/c1-14-11-17(12-19(15(14)2)28(25,26)23(3)4)20(24)22-9-10-27-13-16-7-5-6-8-18(16)21/h5-8,11-12H,9-10,13H2,1-4H3,(H,22,24). The monoisotopic (exact) mass is 424 g/mol. The molecule has 0 atom stereocenters. The van der Waals surface area contributed by atoms with Crippen molar-refractivity contribution < 1.29 is 17.6 Å². The van der Waals surface area contributed by atoms with Crippen LogP contribution in [0.2, 0.25) is 0 Å². The molecule has 5 nitrogen and oxygen atoms in total. The van der Waals surface area contributed by atoms with Crippen molar-refractivity contribution in [3.05, 3.63) is 64.5 Å². The van der Waals surface area contributed by atoms with E-state index in [2.05, 4.69) is 5.32 Å². The summed E-state index contributed by atoms with van der Waals surface area (Å²) in [6.07, 6.45) is 0. The van der Waals surface area contributed by atoms with Gasteiger partial charge in [0, 0.05) is 37.7 Å². The minimum Gasteiger partial charge on any atom is -0.351 e. The molecule has 0 aliphatic heterocycles. The van der Waals surface area contributed by atoms with Crippen LogP contribution in [0.5, 0.6) is 0 Å². The molecule has 0 saturated heterocycles. The highest BCUT2D eigenvalue weighted by atomic mass is 32.2. The van der Waals surface area contributed by atoms with E-state index in [0.717, 1.165) is 9.87 Å². The topological polar surface area (TPSA) is 66.5 Å². The van der Waals surface area contributed by atoms with Crippen molar-refractivity contribution in [3.63, 3.8) is 0 Å². The first-order valence-corrected chi connectivity index (χ1v) is 11.4. The molecular weight excluding hydrogens is 399 g/mol. The number of hydrogen-bond donors (Lipinski definition) is 1. The molecule has 0 aromatic heterocycles. The van der Waals surface area contributed by atoms with Gasteiger partial charge in [-0.05, 0) is 48.7 Å². The first kappa shape index (κ1) is 22.4. The van der Waals surface area contributed by atoms with Gasteiger partial charge in [-0.15, -0.1) is 0 Å². The molecule has 2 rings (SSSR count). The molecule has 8 heteroatoms. The largest absolute Gasteiger partial charge is 0.351 e. The zero-order valence-corrected chi connectivity index (χ0v) is 18.1. The van der Waals surface area contributed by atoms with E-state index in [1.54, 1.807) is 38.1 Å². The summed E-state index contributed by atoms with van der Waals surface area (Å²) in [4.78, 5) is 12.6. The summed E-state index contributed by atoms with van der Waals surface area (Å²) in [5.74, 6) is 0.583. The Kier molecular flexibility index (Phi) is 7.63. The molecule has 0 spiro atoms. The van der Waals surface area contributed by atoms with Crippen LogP contribution in [0.15, 0.2) is 41.3 Å². The Morgan fingerprint density at radius 3 is 2.50 bits per heavy atom. The fourth-order valence-corrected chi connectivity index (χ4v) is 4.62. The number of carbonyl (C=O) groups is 1. The normalized spacial score (nSPS) is 11.6. The van der Waals surface area contributed by atoms with Gasteiger partial charge in [0.1, 0.15) is 5.82 Å². The number of halogens is 1. The van der Waals surface area contributed by atoms with Gasteiger partial charge in [0.15, 0.2) is 0 Å². The van der Waals surface area contributed by atoms with Gasteiger partial charge < -0.3 is 5.32 Å². The Balaban J connectivity index is 1.99. The van der Waals surface area contributed by atoms with Crippen molar-refractivity contribution >= 4 is 27.7 Å². The van der Waals surface area contributed by atoms with E-state index in [9.17, 15) is 17.6 Å². The predicted octanol–water partition coefficient (Wildman–Crippen LogP) is 3.36. The number of nitrogens with one attached hydrogen (secondary N) is 1. The third kappa shape index (κ3) is 5.33. The molecule has 152 valence electrons. The van der Waals surface area contributed by atoms with Gasteiger partial charge in [0.05, 0.1) is 4.90 Å². The van der Waals surface area contributed by atoms with Gasteiger partial charge in [0.25, 0.3) is 5.91 Å². The summed E-state index contributed by atoms with van der Waals surface area (Å²) in [6.45, 7) is 3.92. The summed E-state index contributed by atoms with van der Waals surface area (Å²) < 4.78 is 39.7. The summed E-state index contributed by atoms with van der Waals surface area (Å²) >= 11 is 1.52. The zero-order chi connectivity index (χ0) is 20.9. The van der Waals surface area contributed by atoms with Gasteiger partial charge in [-0.25, -0.2) is 17.1 Å². The Morgan fingerprint density at radius 2 is 1.86 bits per heavy atom. The molecular formula is C20H25FN2O3S2. The zero-order valence-electron chi connectivity index (χ0n) is 16.5. The number of aryl methyl sites for hydroxylation is 1. The van der Waals surface area contributed by atoms with Crippen LogP contribution in [0.4, 0.5) is 4.39 Å². The summed E-state index contributed by atoms with van der Waals surface area (Å²) in [7, 11) is -0.712. The predicted molar refractivity (Wildman–Crippen MR) is 112 cm³/mol. The second-order valence-corrected chi connectivity index (χ2v) is 9.83. The molecule has 0 radical (unpaired) electrons. The molecule has 0 bridgehead atoms. The molecule has 2 aromatic rings. The molecule has 28 heavy (non-hydrogen) atoms. The van der Waals surface area contributed by atoms with E-state index in [-0.39, 0.29) is 16.6 Å². The third-order valence-electron chi connectivity index (χ3n) is 4.39. The van der Waals surface area contributed by atoms with Crippen molar-refractivity contribution in [3.8, 4) is 0 Å². The average Bonchev–Trinajstić information content (AvgIpc) is 2.64. The van der Waals surface area contributed by atoms with Crippen LogP contribution in [0.25, 0.3) is 0 Å². The lowest BCUT2D eigenvalue weighted by molar-refractivity contribution is 0.0956. The molecule has 0 aliphatic rings. The molecule has 1 amide bonds. The number of carbonyl (C=O) groups excluding carboxylic acids is 1. The Labute approximate surface area is 170 Å². The highest BCUT2D eigenvalue weighted by Gasteiger charge is 2.22. The number of benzene rings is 2. The number of thioether (sulfide) groups is 1. The molecule has 0 fully saturated rings. The number of sulfonamides is 1. The lowest BCUT2D eigenvalue weighted by atomic mass is 10.1. The van der Waals surface area contributed by atoms with Crippen LogP contribution < -0.4 is 5.32 Å². The van der Waals surface area contributed by atoms with Crippen molar-refractivity contribution in [1.29, 1.82) is 0 Å². The molecule has 0 unspecified atom stereocenters. The quantitative estimate of drug-likeness (QED) is 0.660. The van der Waals surface area contributed by atoms with Crippen molar-refractivity contribution in [2.75, 3.05) is 26.4 Å². The average molecular weight is 425 g/mol. The highest BCUT2D eigenvalue weighted by Crippen LogP contribution is 2.23. The van der Waals surface area contributed by atoms with Gasteiger partial charge in [-0.2, -0.15) is 11.8 Å². The minimum absolute atomic E-state index is 0.136. The maximum Gasteiger partial charge on any atom is 0.251 e. The first-order valence-electron chi connectivity index (χ1n) is 8.77. The van der Waals surface area contributed by atoms with Crippen LogP contribution in [-0.4, -0.2) is 45.0 Å². The summed E-state index contributed by atoms with van der Waals surface area (Å²) in [5.41, 5.74) is 2.31. The number of nitrogens with zero attached hydrogens (tertiary/aromatic N) is 1. The maximum atomic E-state index is 13.6. The van der Waals surface area contributed by atoms with Crippen LogP contribution in [0, 0.1) is 19.7 Å². The molecule has 2 aromatic carbocycles. The number of amides is 1. The van der Waals surface area contributed by atoms with Gasteiger partial charge >= 0.3 is 0 Å². The van der Waals surface area contributed by atoms with E-state index >= 15 is 0 Å². The third-order valence-corrected chi connectivity index (χ3v) is 7.34. The molecule has 0 saturated carbocycles. The van der Waals surface area contributed by atoms with E-state index < -0.39 is 10.0 Å². The van der Waals surface area contributed by atoms with Crippen LogP contribution in [0.1, 0.15) is 27.0 Å². The molecule has 0 aliphatic carbocycles. The first-order chi connectivity index (χ1) is 13.1. The van der Waals surface area contributed by atoms with E-state index in [4.69, 9.17) is 0 Å². The molecule has 1 N–H and O–H groups in total. The maximum absolute atomic E-state index is 13.6. The number of hydrogen-bond acceptors (Lipinski definition) is 4. The fraction of sp³-hybridized carbons (Fsp3) is 0.350.